The maximum atomic E-state index is 11.3. The van der Waals surface area contributed by atoms with Crippen molar-refractivity contribution in [2.24, 2.45) is 0 Å². The van der Waals surface area contributed by atoms with Crippen LogP contribution in [0, 0.1) is 0 Å². The molecular weight excluding hydrogens is 214 g/mol. The molecule has 1 aliphatic rings. The summed E-state index contributed by atoms with van der Waals surface area (Å²) in [5.41, 5.74) is 0.718. The monoisotopic (exact) mass is 233 g/mol. The Balaban J connectivity index is 1.98. The first-order valence-electron chi connectivity index (χ1n) is 6.11. The highest BCUT2D eigenvalue weighted by Gasteiger charge is 2.18. The van der Waals surface area contributed by atoms with Gasteiger partial charge in [-0.05, 0) is 38.9 Å². The lowest BCUT2D eigenvalue weighted by Crippen LogP contribution is -2.35. The molecule has 0 N–H and O–H groups in total. The van der Waals surface area contributed by atoms with Crippen molar-refractivity contribution < 1.29 is 9.53 Å². The number of nitrogens with zero attached hydrogens (tertiary/aromatic N) is 1. The largest absolute Gasteiger partial charge is 0.490 e. The van der Waals surface area contributed by atoms with E-state index in [4.69, 9.17) is 4.74 Å². The Morgan fingerprint density at radius 2 is 2.06 bits per heavy atom. The molecule has 0 spiro atoms. The van der Waals surface area contributed by atoms with Gasteiger partial charge in [0.25, 0.3) is 0 Å². The van der Waals surface area contributed by atoms with Crippen LogP contribution < -0.4 is 4.74 Å². The highest BCUT2D eigenvalue weighted by Crippen LogP contribution is 2.19. The summed E-state index contributed by atoms with van der Waals surface area (Å²) in [5.74, 6) is 0.895. The SMILES string of the molecule is CC(=O)c1cccc(OC2CCN(C)CC2)c1. The molecule has 92 valence electrons. The van der Waals surface area contributed by atoms with Gasteiger partial charge in [0.2, 0.25) is 0 Å². The van der Waals surface area contributed by atoms with Gasteiger partial charge in [0.15, 0.2) is 5.78 Å². The van der Waals surface area contributed by atoms with Gasteiger partial charge in [0.05, 0.1) is 0 Å². The quantitative estimate of drug-likeness (QED) is 0.751. The van der Waals surface area contributed by atoms with Crippen LogP contribution in [0.3, 0.4) is 0 Å². The summed E-state index contributed by atoms with van der Waals surface area (Å²) >= 11 is 0. The second-order valence-corrected chi connectivity index (χ2v) is 4.70. The summed E-state index contributed by atoms with van der Waals surface area (Å²) < 4.78 is 5.92. The maximum Gasteiger partial charge on any atom is 0.159 e. The van der Waals surface area contributed by atoms with E-state index in [1.54, 1.807) is 6.92 Å². The Labute approximate surface area is 102 Å². The van der Waals surface area contributed by atoms with Crippen molar-refractivity contribution in [2.45, 2.75) is 25.9 Å². The molecule has 1 fully saturated rings. The molecule has 1 aliphatic heterocycles. The molecule has 0 bridgehead atoms. The number of carbonyl (C=O) groups excluding carboxylic acids is 1. The van der Waals surface area contributed by atoms with E-state index in [1.807, 2.05) is 24.3 Å². The first kappa shape index (κ1) is 12.1. The van der Waals surface area contributed by atoms with Crippen molar-refractivity contribution >= 4 is 5.78 Å². The zero-order valence-corrected chi connectivity index (χ0v) is 10.5. The Morgan fingerprint density at radius 1 is 1.35 bits per heavy atom. The van der Waals surface area contributed by atoms with Crippen LogP contribution in [0.15, 0.2) is 24.3 Å². The van der Waals surface area contributed by atoms with E-state index < -0.39 is 0 Å². The molecule has 0 unspecified atom stereocenters. The van der Waals surface area contributed by atoms with Crippen molar-refractivity contribution in [3.8, 4) is 5.75 Å². The van der Waals surface area contributed by atoms with Crippen molar-refractivity contribution in [1.82, 2.24) is 4.90 Å². The third kappa shape index (κ3) is 3.30. The van der Waals surface area contributed by atoms with Gasteiger partial charge in [-0.2, -0.15) is 0 Å². The van der Waals surface area contributed by atoms with Crippen molar-refractivity contribution in [3.63, 3.8) is 0 Å². The molecule has 1 aromatic rings. The van der Waals surface area contributed by atoms with E-state index in [0.29, 0.717) is 0 Å². The lowest BCUT2D eigenvalue weighted by atomic mass is 10.1. The summed E-state index contributed by atoms with van der Waals surface area (Å²) in [5, 5.41) is 0. The highest BCUT2D eigenvalue weighted by atomic mass is 16.5. The van der Waals surface area contributed by atoms with Crippen LogP contribution in [-0.4, -0.2) is 36.9 Å². The van der Waals surface area contributed by atoms with Crippen molar-refractivity contribution in [1.29, 1.82) is 0 Å². The van der Waals surface area contributed by atoms with E-state index >= 15 is 0 Å². The summed E-state index contributed by atoms with van der Waals surface area (Å²) in [7, 11) is 2.13. The summed E-state index contributed by atoms with van der Waals surface area (Å²) in [6, 6.07) is 7.45. The van der Waals surface area contributed by atoms with Crippen LogP contribution in [-0.2, 0) is 0 Å². The van der Waals surface area contributed by atoms with Crippen LogP contribution in [0.25, 0.3) is 0 Å². The molecule has 0 atom stereocenters. The van der Waals surface area contributed by atoms with Crippen LogP contribution in [0.5, 0.6) is 5.75 Å². The van der Waals surface area contributed by atoms with Gasteiger partial charge in [-0.3, -0.25) is 4.79 Å². The minimum Gasteiger partial charge on any atom is -0.490 e. The molecule has 0 radical (unpaired) electrons. The van der Waals surface area contributed by atoms with Gasteiger partial charge >= 0.3 is 0 Å². The summed E-state index contributed by atoms with van der Waals surface area (Å²) in [4.78, 5) is 13.6. The normalized spacial score (nSPS) is 18.0. The number of hydrogen-bond acceptors (Lipinski definition) is 3. The number of carbonyl (C=O) groups is 1. The average Bonchev–Trinajstić information content (AvgIpc) is 2.32. The fourth-order valence-corrected chi connectivity index (χ4v) is 2.08. The topological polar surface area (TPSA) is 29.5 Å². The van der Waals surface area contributed by atoms with Gasteiger partial charge in [-0.1, -0.05) is 12.1 Å². The first-order valence-corrected chi connectivity index (χ1v) is 6.11. The van der Waals surface area contributed by atoms with E-state index in [1.165, 1.54) is 0 Å². The summed E-state index contributed by atoms with van der Waals surface area (Å²) in [6.07, 6.45) is 2.40. The van der Waals surface area contributed by atoms with Crippen LogP contribution >= 0.6 is 0 Å². The molecule has 1 saturated heterocycles. The number of Topliss-reactive ketones (excluding diaryl/α,β-unsaturated/α-hetero) is 1. The van der Waals surface area contributed by atoms with Gasteiger partial charge in [-0.25, -0.2) is 0 Å². The molecule has 3 heteroatoms. The number of hydrogen-bond donors (Lipinski definition) is 0. The van der Waals surface area contributed by atoms with E-state index in [2.05, 4.69) is 11.9 Å². The fourth-order valence-electron chi connectivity index (χ4n) is 2.08. The van der Waals surface area contributed by atoms with E-state index in [9.17, 15) is 4.79 Å². The third-order valence-corrected chi connectivity index (χ3v) is 3.21. The highest BCUT2D eigenvalue weighted by molar-refractivity contribution is 5.94. The number of ether oxygens (including phenoxy) is 1. The molecule has 2 rings (SSSR count). The van der Waals surface area contributed by atoms with Gasteiger partial charge < -0.3 is 9.64 Å². The first-order chi connectivity index (χ1) is 8.15. The number of ketones is 1. The van der Waals surface area contributed by atoms with Crippen LogP contribution in [0.4, 0.5) is 0 Å². The Bertz CT molecular complexity index is 395. The zero-order chi connectivity index (χ0) is 12.3. The number of piperidine rings is 1. The van der Waals surface area contributed by atoms with Crippen LogP contribution in [0.2, 0.25) is 0 Å². The van der Waals surface area contributed by atoms with Crippen LogP contribution in [0.1, 0.15) is 30.1 Å². The second kappa shape index (κ2) is 5.32. The predicted molar refractivity (Wildman–Crippen MR) is 67.6 cm³/mol. The zero-order valence-electron chi connectivity index (χ0n) is 10.5. The molecule has 1 aromatic carbocycles. The lowest BCUT2D eigenvalue weighted by molar-refractivity contribution is 0.101. The molecule has 0 aromatic heterocycles. The Kier molecular flexibility index (Phi) is 3.79. The standard InChI is InChI=1S/C14H19NO2/c1-11(16)12-4-3-5-14(10-12)17-13-6-8-15(2)9-7-13/h3-5,10,13H,6-9H2,1-2H3. The smallest absolute Gasteiger partial charge is 0.159 e. The number of rotatable bonds is 3. The average molecular weight is 233 g/mol. The predicted octanol–water partition coefficient (Wildman–Crippen LogP) is 2.36. The number of likely N-dealkylation sites (tertiary alicyclic amines) is 1. The second-order valence-electron chi connectivity index (χ2n) is 4.70. The number of benzene rings is 1. The fraction of sp³-hybridized carbons (Fsp3) is 0.500. The van der Waals surface area contributed by atoms with E-state index in [-0.39, 0.29) is 11.9 Å². The third-order valence-electron chi connectivity index (χ3n) is 3.21. The molecule has 17 heavy (non-hydrogen) atoms. The molecular formula is C14H19NO2. The Morgan fingerprint density at radius 3 is 2.71 bits per heavy atom. The minimum atomic E-state index is 0.0822. The molecule has 0 amide bonds. The summed E-state index contributed by atoms with van der Waals surface area (Å²) in [6.45, 7) is 3.74. The molecule has 3 nitrogen and oxygen atoms in total. The van der Waals surface area contributed by atoms with Crippen molar-refractivity contribution in [2.75, 3.05) is 20.1 Å². The lowest BCUT2D eigenvalue weighted by Gasteiger charge is -2.29. The van der Waals surface area contributed by atoms with E-state index in [0.717, 1.165) is 37.2 Å². The van der Waals surface area contributed by atoms with Gasteiger partial charge in [0, 0.05) is 18.7 Å². The van der Waals surface area contributed by atoms with Gasteiger partial charge in [-0.15, -0.1) is 0 Å². The Hall–Kier alpha value is -1.35. The molecule has 1 heterocycles. The molecule has 0 saturated carbocycles. The van der Waals surface area contributed by atoms with Crippen molar-refractivity contribution in [3.05, 3.63) is 29.8 Å². The molecule has 0 aliphatic carbocycles. The minimum absolute atomic E-state index is 0.0822. The van der Waals surface area contributed by atoms with Gasteiger partial charge in [0.1, 0.15) is 11.9 Å². The maximum absolute atomic E-state index is 11.3.